The standard InChI is InChI=1S/C16H26N2O3/c1-2-13-6-5-7-15(10-13)21-12-14(19)11-18-9-4-3-8-16(17)20/h5-7,10,14,18-19H,2-4,8-9,11-12H2,1H3,(H2,17,20). The number of aliphatic hydroxyl groups excluding tert-OH is 1. The maximum absolute atomic E-state index is 10.6. The van der Waals surface area contributed by atoms with Gasteiger partial charge in [-0.1, -0.05) is 19.1 Å². The van der Waals surface area contributed by atoms with Crippen molar-refractivity contribution in [2.45, 2.75) is 38.7 Å². The molecule has 0 saturated carbocycles. The van der Waals surface area contributed by atoms with Gasteiger partial charge in [0.1, 0.15) is 18.5 Å². The number of primary amides is 1. The third kappa shape index (κ3) is 8.32. The Kier molecular flexibility index (Phi) is 8.47. The summed E-state index contributed by atoms with van der Waals surface area (Å²) in [5.74, 6) is 0.521. The monoisotopic (exact) mass is 294 g/mol. The van der Waals surface area contributed by atoms with Gasteiger partial charge in [-0.3, -0.25) is 4.79 Å². The van der Waals surface area contributed by atoms with Crippen molar-refractivity contribution in [1.29, 1.82) is 0 Å². The van der Waals surface area contributed by atoms with E-state index in [0.29, 0.717) is 13.0 Å². The number of carbonyl (C=O) groups excluding carboxylic acids is 1. The van der Waals surface area contributed by atoms with Crippen LogP contribution in [0.25, 0.3) is 0 Å². The van der Waals surface area contributed by atoms with E-state index in [0.717, 1.165) is 31.6 Å². The summed E-state index contributed by atoms with van der Waals surface area (Å²) in [6.45, 7) is 3.59. The topological polar surface area (TPSA) is 84.6 Å². The molecule has 5 heteroatoms. The van der Waals surface area contributed by atoms with Crippen LogP contribution in [0.15, 0.2) is 24.3 Å². The van der Waals surface area contributed by atoms with E-state index in [1.54, 1.807) is 0 Å². The molecule has 4 N–H and O–H groups in total. The Hall–Kier alpha value is -1.59. The Morgan fingerprint density at radius 2 is 2.24 bits per heavy atom. The second-order valence-corrected chi connectivity index (χ2v) is 5.09. The van der Waals surface area contributed by atoms with E-state index in [1.807, 2.05) is 18.2 Å². The van der Waals surface area contributed by atoms with Gasteiger partial charge in [0.15, 0.2) is 0 Å². The van der Waals surface area contributed by atoms with Gasteiger partial charge < -0.3 is 20.9 Å². The summed E-state index contributed by atoms with van der Waals surface area (Å²) in [6, 6.07) is 7.89. The molecule has 1 rings (SSSR count). The summed E-state index contributed by atoms with van der Waals surface area (Å²) in [7, 11) is 0. The van der Waals surface area contributed by atoms with Crippen molar-refractivity contribution < 1.29 is 14.6 Å². The number of nitrogens with two attached hydrogens (primary N) is 1. The van der Waals surface area contributed by atoms with Crippen LogP contribution in [0.2, 0.25) is 0 Å². The quantitative estimate of drug-likeness (QED) is 0.536. The second-order valence-electron chi connectivity index (χ2n) is 5.09. The highest BCUT2D eigenvalue weighted by molar-refractivity contribution is 5.73. The number of unbranched alkanes of at least 4 members (excludes halogenated alkanes) is 1. The average Bonchev–Trinajstić information content (AvgIpc) is 2.48. The van der Waals surface area contributed by atoms with Gasteiger partial charge in [-0.15, -0.1) is 0 Å². The van der Waals surface area contributed by atoms with Crippen LogP contribution in [-0.4, -0.2) is 36.8 Å². The van der Waals surface area contributed by atoms with Crippen molar-refractivity contribution in [3.8, 4) is 5.75 Å². The lowest BCUT2D eigenvalue weighted by atomic mass is 10.2. The summed E-state index contributed by atoms with van der Waals surface area (Å²) < 4.78 is 5.57. The number of aliphatic hydroxyl groups is 1. The Morgan fingerprint density at radius 3 is 2.95 bits per heavy atom. The van der Waals surface area contributed by atoms with E-state index >= 15 is 0 Å². The minimum absolute atomic E-state index is 0.265. The minimum Gasteiger partial charge on any atom is -0.491 e. The molecule has 21 heavy (non-hydrogen) atoms. The van der Waals surface area contributed by atoms with Gasteiger partial charge in [-0.05, 0) is 43.5 Å². The molecule has 0 aliphatic heterocycles. The molecule has 0 saturated heterocycles. The molecular weight excluding hydrogens is 268 g/mol. The van der Waals surface area contributed by atoms with Crippen molar-refractivity contribution in [3.05, 3.63) is 29.8 Å². The molecule has 1 aromatic rings. The first-order valence-corrected chi connectivity index (χ1v) is 7.50. The first kappa shape index (κ1) is 17.5. The second kappa shape index (κ2) is 10.2. The van der Waals surface area contributed by atoms with Crippen molar-refractivity contribution in [3.63, 3.8) is 0 Å². The molecular formula is C16H26N2O3. The van der Waals surface area contributed by atoms with E-state index in [4.69, 9.17) is 10.5 Å². The lowest BCUT2D eigenvalue weighted by Gasteiger charge is -2.13. The molecule has 118 valence electrons. The lowest BCUT2D eigenvalue weighted by Crippen LogP contribution is -2.32. The van der Waals surface area contributed by atoms with E-state index in [1.165, 1.54) is 5.56 Å². The van der Waals surface area contributed by atoms with E-state index in [2.05, 4.69) is 18.3 Å². The predicted octanol–water partition coefficient (Wildman–Crippen LogP) is 1.23. The third-order valence-corrected chi connectivity index (χ3v) is 3.16. The van der Waals surface area contributed by atoms with Gasteiger partial charge in [0, 0.05) is 13.0 Å². The van der Waals surface area contributed by atoms with Crippen molar-refractivity contribution in [2.24, 2.45) is 5.73 Å². The Balaban J connectivity index is 2.10. The van der Waals surface area contributed by atoms with Gasteiger partial charge in [-0.2, -0.15) is 0 Å². The predicted molar refractivity (Wildman–Crippen MR) is 83.2 cm³/mol. The van der Waals surface area contributed by atoms with E-state index < -0.39 is 6.10 Å². The smallest absolute Gasteiger partial charge is 0.217 e. The maximum atomic E-state index is 10.6. The molecule has 0 aliphatic rings. The van der Waals surface area contributed by atoms with Crippen molar-refractivity contribution in [2.75, 3.05) is 19.7 Å². The third-order valence-electron chi connectivity index (χ3n) is 3.16. The van der Waals surface area contributed by atoms with Crippen LogP contribution in [0.5, 0.6) is 5.75 Å². The van der Waals surface area contributed by atoms with Gasteiger partial charge in [0.2, 0.25) is 5.91 Å². The van der Waals surface area contributed by atoms with Gasteiger partial charge in [0.05, 0.1) is 0 Å². The zero-order valence-electron chi connectivity index (χ0n) is 12.7. The zero-order chi connectivity index (χ0) is 15.5. The molecule has 5 nitrogen and oxygen atoms in total. The summed E-state index contributed by atoms with van der Waals surface area (Å²) in [5, 5.41) is 13.0. The fourth-order valence-electron chi connectivity index (χ4n) is 1.92. The normalized spacial score (nSPS) is 12.1. The first-order valence-electron chi connectivity index (χ1n) is 7.50. The number of hydrogen-bond donors (Lipinski definition) is 3. The number of carbonyl (C=O) groups is 1. The Bertz CT molecular complexity index is 424. The largest absolute Gasteiger partial charge is 0.491 e. The molecule has 1 unspecified atom stereocenters. The Morgan fingerprint density at radius 1 is 1.43 bits per heavy atom. The number of nitrogens with one attached hydrogen (secondary N) is 1. The van der Waals surface area contributed by atoms with Crippen LogP contribution in [0.4, 0.5) is 0 Å². The SMILES string of the molecule is CCc1cccc(OCC(O)CNCCCCC(N)=O)c1. The van der Waals surface area contributed by atoms with Crippen molar-refractivity contribution in [1.82, 2.24) is 5.32 Å². The highest BCUT2D eigenvalue weighted by Gasteiger charge is 2.05. The van der Waals surface area contributed by atoms with Crippen LogP contribution in [0.3, 0.4) is 0 Å². The van der Waals surface area contributed by atoms with Crippen LogP contribution in [0, 0.1) is 0 Å². The van der Waals surface area contributed by atoms with Crippen LogP contribution < -0.4 is 15.8 Å². The molecule has 0 aromatic heterocycles. The number of ether oxygens (including phenoxy) is 1. The summed E-state index contributed by atoms with van der Waals surface area (Å²) in [4.78, 5) is 10.6. The van der Waals surface area contributed by atoms with Crippen molar-refractivity contribution >= 4 is 5.91 Å². The fraction of sp³-hybridized carbons (Fsp3) is 0.562. The number of amides is 1. The molecule has 0 fully saturated rings. The molecule has 0 bridgehead atoms. The molecule has 0 spiro atoms. The fourth-order valence-corrected chi connectivity index (χ4v) is 1.92. The van der Waals surface area contributed by atoms with E-state index in [9.17, 15) is 9.90 Å². The average molecular weight is 294 g/mol. The summed E-state index contributed by atoms with van der Waals surface area (Å²) in [6.07, 6.45) is 2.48. The van der Waals surface area contributed by atoms with Crippen LogP contribution >= 0.6 is 0 Å². The van der Waals surface area contributed by atoms with Gasteiger partial charge in [-0.25, -0.2) is 0 Å². The minimum atomic E-state index is -0.550. The van der Waals surface area contributed by atoms with Gasteiger partial charge >= 0.3 is 0 Å². The summed E-state index contributed by atoms with van der Waals surface area (Å²) in [5.41, 5.74) is 6.27. The highest BCUT2D eigenvalue weighted by atomic mass is 16.5. The molecule has 1 atom stereocenters. The molecule has 0 heterocycles. The zero-order valence-corrected chi connectivity index (χ0v) is 12.7. The molecule has 0 radical (unpaired) electrons. The molecule has 0 aliphatic carbocycles. The Labute approximate surface area is 126 Å². The summed E-state index contributed by atoms with van der Waals surface area (Å²) >= 11 is 0. The number of aryl methyl sites for hydroxylation is 1. The highest BCUT2D eigenvalue weighted by Crippen LogP contribution is 2.13. The molecule has 1 aromatic carbocycles. The van der Waals surface area contributed by atoms with E-state index in [-0.39, 0.29) is 12.5 Å². The first-order chi connectivity index (χ1) is 10.1. The van der Waals surface area contributed by atoms with Crippen LogP contribution in [-0.2, 0) is 11.2 Å². The number of benzene rings is 1. The number of hydrogen-bond acceptors (Lipinski definition) is 4. The number of rotatable bonds is 11. The maximum Gasteiger partial charge on any atom is 0.217 e. The molecule has 1 amide bonds. The van der Waals surface area contributed by atoms with Crippen LogP contribution in [0.1, 0.15) is 31.7 Å². The lowest BCUT2D eigenvalue weighted by molar-refractivity contribution is -0.118. The van der Waals surface area contributed by atoms with Gasteiger partial charge in [0.25, 0.3) is 0 Å².